The molecule has 1 aromatic rings. The molecular weight excluding hydrogens is 386 g/mol. The first-order valence-electron chi connectivity index (χ1n) is 10.9. The van der Waals surface area contributed by atoms with Gasteiger partial charge in [0, 0.05) is 18.0 Å². The van der Waals surface area contributed by atoms with Gasteiger partial charge in [0.05, 0.1) is 18.2 Å². The summed E-state index contributed by atoms with van der Waals surface area (Å²) < 4.78 is 0. The van der Waals surface area contributed by atoms with Crippen LogP contribution >= 0.6 is 11.3 Å². The number of carbonyl (C=O) groups is 2. The SMILES string of the molecule is CCN(CC)CCCCNC(=O)C1CCCN(CC(=O)Nc2nc(C)c(C)s2)C1. The van der Waals surface area contributed by atoms with Crippen molar-refractivity contribution in [3.63, 3.8) is 0 Å². The molecule has 8 heteroatoms. The highest BCUT2D eigenvalue weighted by Gasteiger charge is 2.26. The Morgan fingerprint density at radius 2 is 2.00 bits per heavy atom. The van der Waals surface area contributed by atoms with Crippen LogP contribution in [0.3, 0.4) is 0 Å². The second-order valence-electron chi connectivity index (χ2n) is 7.81. The summed E-state index contributed by atoms with van der Waals surface area (Å²) in [5, 5.41) is 6.63. The molecule has 2 N–H and O–H groups in total. The molecule has 1 unspecified atom stereocenters. The number of anilines is 1. The maximum absolute atomic E-state index is 12.5. The predicted molar refractivity (Wildman–Crippen MR) is 119 cm³/mol. The Morgan fingerprint density at radius 1 is 1.24 bits per heavy atom. The number of rotatable bonds is 11. The standard InChI is InChI=1S/C21H37N5O2S/c1-5-25(6-2)12-8-7-11-22-20(28)18-10-9-13-26(14-18)15-19(27)24-21-23-16(3)17(4)29-21/h18H,5-15H2,1-4H3,(H,22,28)(H,23,24,27). The smallest absolute Gasteiger partial charge is 0.240 e. The molecule has 1 saturated heterocycles. The van der Waals surface area contributed by atoms with Gasteiger partial charge in [0.1, 0.15) is 0 Å². The number of amides is 2. The molecule has 0 spiro atoms. The fourth-order valence-corrected chi connectivity index (χ4v) is 4.49. The van der Waals surface area contributed by atoms with Crippen LogP contribution in [-0.4, -0.2) is 72.4 Å². The van der Waals surface area contributed by atoms with Crippen LogP contribution in [0, 0.1) is 19.8 Å². The number of hydrogen-bond donors (Lipinski definition) is 2. The Morgan fingerprint density at radius 3 is 2.66 bits per heavy atom. The molecule has 0 saturated carbocycles. The molecule has 2 heterocycles. The van der Waals surface area contributed by atoms with Crippen molar-refractivity contribution in [2.45, 2.75) is 53.4 Å². The van der Waals surface area contributed by atoms with Gasteiger partial charge in [-0.2, -0.15) is 0 Å². The van der Waals surface area contributed by atoms with Gasteiger partial charge in [-0.25, -0.2) is 4.98 Å². The third-order valence-corrected chi connectivity index (χ3v) is 6.60. The predicted octanol–water partition coefficient (Wildman–Crippen LogP) is 2.65. The molecular formula is C21H37N5O2S. The van der Waals surface area contributed by atoms with E-state index >= 15 is 0 Å². The molecule has 2 rings (SSSR count). The summed E-state index contributed by atoms with van der Waals surface area (Å²) >= 11 is 1.50. The number of carbonyl (C=O) groups excluding carboxylic acids is 2. The summed E-state index contributed by atoms with van der Waals surface area (Å²) in [4.78, 5) is 34.8. The molecule has 7 nitrogen and oxygen atoms in total. The number of nitrogens with zero attached hydrogens (tertiary/aromatic N) is 3. The quantitative estimate of drug-likeness (QED) is 0.535. The third kappa shape index (κ3) is 8.03. The van der Waals surface area contributed by atoms with E-state index in [1.54, 1.807) is 0 Å². The highest BCUT2D eigenvalue weighted by Crippen LogP contribution is 2.21. The number of thiazole rings is 1. The molecule has 1 aromatic heterocycles. The van der Waals surface area contributed by atoms with Gasteiger partial charge >= 0.3 is 0 Å². The van der Waals surface area contributed by atoms with Gasteiger partial charge in [0.25, 0.3) is 0 Å². The normalized spacial score (nSPS) is 17.5. The Hall–Kier alpha value is -1.51. The van der Waals surface area contributed by atoms with Crippen LogP contribution in [0.1, 0.15) is 50.1 Å². The molecule has 1 atom stereocenters. The number of likely N-dealkylation sites (tertiary alicyclic amines) is 1. The summed E-state index contributed by atoms with van der Waals surface area (Å²) in [7, 11) is 0. The van der Waals surface area contributed by atoms with Crippen LogP contribution < -0.4 is 10.6 Å². The largest absolute Gasteiger partial charge is 0.356 e. The summed E-state index contributed by atoms with van der Waals surface area (Å²) in [5.41, 5.74) is 0.956. The molecule has 0 aromatic carbocycles. The Labute approximate surface area is 179 Å². The van der Waals surface area contributed by atoms with E-state index in [9.17, 15) is 9.59 Å². The van der Waals surface area contributed by atoms with E-state index in [0.29, 0.717) is 18.2 Å². The Balaban J connectivity index is 1.68. The van der Waals surface area contributed by atoms with Crippen LogP contribution in [0.15, 0.2) is 0 Å². The molecule has 1 fully saturated rings. The fraction of sp³-hybridized carbons (Fsp3) is 0.762. The monoisotopic (exact) mass is 423 g/mol. The zero-order valence-electron chi connectivity index (χ0n) is 18.4. The van der Waals surface area contributed by atoms with Crippen molar-refractivity contribution < 1.29 is 9.59 Å². The van der Waals surface area contributed by atoms with Crippen molar-refractivity contribution in [3.05, 3.63) is 10.6 Å². The molecule has 0 bridgehead atoms. The topological polar surface area (TPSA) is 77.6 Å². The van der Waals surface area contributed by atoms with Crippen molar-refractivity contribution in [1.82, 2.24) is 20.1 Å². The fourth-order valence-electron chi connectivity index (χ4n) is 3.66. The summed E-state index contributed by atoms with van der Waals surface area (Å²) in [6.07, 6.45) is 3.96. The first kappa shape index (κ1) is 23.8. The Bertz CT molecular complexity index is 640. The molecule has 1 aliphatic rings. The average Bonchev–Trinajstić information content (AvgIpc) is 3.01. The molecule has 0 aliphatic carbocycles. The van der Waals surface area contributed by atoms with Gasteiger partial charge in [-0.3, -0.25) is 14.5 Å². The van der Waals surface area contributed by atoms with E-state index in [-0.39, 0.29) is 17.7 Å². The Kier molecular flexibility index (Phi) is 10.0. The number of aryl methyl sites for hydroxylation is 2. The van der Waals surface area contributed by atoms with E-state index in [0.717, 1.165) is 69.0 Å². The third-order valence-electron chi connectivity index (χ3n) is 5.61. The van der Waals surface area contributed by atoms with Crippen LogP contribution in [0.2, 0.25) is 0 Å². The minimum atomic E-state index is -0.0591. The minimum absolute atomic E-state index is 0.0244. The first-order valence-corrected chi connectivity index (χ1v) is 11.7. The van der Waals surface area contributed by atoms with Crippen molar-refractivity contribution in [3.8, 4) is 0 Å². The molecule has 164 valence electrons. The zero-order chi connectivity index (χ0) is 21.2. The molecule has 1 aliphatic heterocycles. The van der Waals surface area contributed by atoms with Gasteiger partial charge in [-0.05, 0) is 65.7 Å². The lowest BCUT2D eigenvalue weighted by atomic mass is 9.97. The second-order valence-corrected chi connectivity index (χ2v) is 9.01. The molecule has 0 radical (unpaired) electrons. The van der Waals surface area contributed by atoms with E-state index in [1.807, 2.05) is 13.8 Å². The number of hydrogen-bond acceptors (Lipinski definition) is 6. The molecule has 2 amide bonds. The van der Waals surface area contributed by atoms with Gasteiger partial charge in [-0.15, -0.1) is 11.3 Å². The maximum Gasteiger partial charge on any atom is 0.240 e. The number of aromatic nitrogens is 1. The van der Waals surface area contributed by atoms with Crippen molar-refractivity contribution in [1.29, 1.82) is 0 Å². The van der Waals surface area contributed by atoms with E-state index in [4.69, 9.17) is 0 Å². The highest BCUT2D eigenvalue weighted by atomic mass is 32.1. The van der Waals surface area contributed by atoms with E-state index < -0.39 is 0 Å². The van der Waals surface area contributed by atoms with Crippen LogP contribution in [0.5, 0.6) is 0 Å². The van der Waals surface area contributed by atoms with E-state index in [1.165, 1.54) is 11.3 Å². The van der Waals surface area contributed by atoms with Gasteiger partial charge in [0.15, 0.2) is 5.13 Å². The highest BCUT2D eigenvalue weighted by molar-refractivity contribution is 7.15. The number of piperidine rings is 1. The van der Waals surface area contributed by atoms with Gasteiger partial charge in [0.2, 0.25) is 11.8 Å². The summed E-state index contributed by atoms with van der Waals surface area (Å²) in [6.45, 7) is 14.1. The second kappa shape index (κ2) is 12.2. The minimum Gasteiger partial charge on any atom is -0.356 e. The lowest BCUT2D eigenvalue weighted by Crippen LogP contribution is -2.45. The van der Waals surface area contributed by atoms with Crippen LogP contribution in [0.4, 0.5) is 5.13 Å². The lowest BCUT2D eigenvalue weighted by molar-refractivity contribution is -0.128. The van der Waals surface area contributed by atoms with Gasteiger partial charge < -0.3 is 15.5 Å². The summed E-state index contributed by atoms with van der Waals surface area (Å²) in [5.74, 6) is 0.0454. The summed E-state index contributed by atoms with van der Waals surface area (Å²) in [6, 6.07) is 0. The maximum atomic E-state index is 12.5. The average molecular weight is 424 g/mol. The number of nitrogens with one attached hydrogen (secondary N) is 2. The molecule has 29 heavy (non-hydrogen) atoms. The van der Waals surface area contributed by atoms with Crippen LogP contribution in [-0.2, 0) is 9.59 Å². The zero-order valence-corrected chi connectivity index (χ0v) is 19.2. The van der Waals surface area contributed by atoms with Crippen molar-refractivity contribution in [2.75, 3.05) is 51.1 Å². The van der Waals surface area contributed by atoms with E-state index in [2.05, 4.69) is 39.3 Å². The first-order chi connectivity index (χ1) is 13.9. The lowest BCUT2D eigenvalue weighted by Gasteiger charge is -2.31. The van der Waals surface area contributed by atoms with Crippen LogP contribution in [0.25, 0.3) is 0 Å². The van der Waals surface area contributed by atoms with Crippen molar-refractivity contribution >= 4 is 28.3 Å². The number of unbranched alkanes of at least 4 members (excludes halogenated alkanes) is 1. The van der Waals surface area contributed by atoms with Gasteiger partial charge in [-0.1, -0.05) is 13.8 Å². The van der Waals surface area contributed by atoms with Crippen molar-refractivity contribution in [2.24, 2.45) is 5.92 Å².